The van der Waals surface area contributed by atoms with Crippen molar-refractivity contribution in [3.63, 3.8) is 0 Å². The summed E-state index contributed by atoms with van der Waals surface area (Å²) in [4.78, 5) is 6.23. The molecule has 0 saturated carbocycles. The molecule has 0 aliphatic carbocycles. The summed E-state index contributed by atoms with van der Waals surface area (Å²) >= 11 is 0. The molecule has 0 spiro atoms. The first-order valence-corrected chi connectivity index (χ1v) is 6.23. The molecule has 0 radical (unpaired) electrons. The van der Waals surface area contributed by atoms with Crippen molar-refractivity contribution >= 4 is 5.69 Å². The summed E-state index contributed by atoms with van der Waals surface area (Å²) < 4.78 is 5.77. The van der Waals surface area contributed by atoms with E-state index in [1.54, 1.807) is 6.20 Å². The third-order valence-corrected chi connectivity index (χ3v) is 2.84. The number of hydrogen-bond acceptors (Lipinski definition) is 4. The minimum Gasteiger partial charge on any atom is -0.439 e. The number of anilines is 1. The molecule has 0 bridgehead atoms. The van der Waals surface area contributed by atoms with Crippen molar-refractivity contribution < 1.29 is 4.74 Å². The molecule has 0 saturated heterocycles. The van der Waals surface area contributed by atoms with Crippen molar-refractivity contribution in [1.29, 1.82) is 0 Å². The van der Waals surface area contributed by atoms with Crippen LogP contribution in [0.5, 0.6) is 11.6 Å². The maximum absolute atomic E-state index is 5.85. The van der Waals surface area contributed by atoms with E-state index >= 15 is 0 Å². The van der Waals surface area contributed by atoms with Gasteiger partial charge in [-0.15, -0.1) is 0 Å². The molecule has 100 valence electrons. The zero-order chi connectivity index (χ0) is 13.8. The van der Waals surface area contributed by atoms with Gasteiger partial charge in [0.2, 0.25) is 5.88 Å². The predicted molar refractivity (Wildman–Crippen MR) is 77.7 cm³/mol. The van der Waals surface area contributed by atoms with E-state index < -0.39 is 0 Å². The van der Waals surface area contributed by atoms with Gasteiger partial charge in [-0.1, -0.05) is 6.07 Å². The summed E-state index contributed by atoms with van der Waals surface area (Å²) in [6.45, 7) is 1.94. The van der Waals surface area contributed by atoms with Crippen LogP contribution in [0.3, 0.4) is 0 Å². The van der Waals surface area contributed by atoms with Crippen molar-refractivity contribution in [2.45, 2.75) is 13.0 Å². The van der Waals surface area contributed by atoms with E-state index in [1.807, 2.05) is 62.3 Å². The summed E-state index contributed by atoms with van der Waals surface area (Å²) in [6.07, 6.45) is 1.71. The Labute approximate surface area is 113 Å². The third kappa shape index (κ3) is 3.45. The van der Waals surface area contributed by atoms with Crippen LogP contribution in [0.1, 0.15) is 18.5 Å². The van der Waals surface area contributed by atoms with Crippen LogP contribution in [0.25, 0.3) is 0 Å². The molecule has 19 heavy (non-hydrogen) atoms. The van der Waals surface area contributed by atoms with E-state index in [0.717, 1.165) is 17.0 Å². The molecule has 2 aromatic rings. The molecule has 2 rings (SSSR count). The SMILES string of the molecule is CC(N)c1ccnc(Oc2cccc(N(C)C)c2)c1. The van der Waals surface area contributed by atoms with Crippen LogP contribution in [-0.2, 0) is 0 Å². The maximum atomic E-state index is 5.85. The Bertz CT molecular complexity index is 503. The largest absolute Gasteiger partial charge is 0.439 e. The van der Waals surface area contributed by atoms with E-state index in [9.17, 15) is 0 Å². The fourth-order valence-corrected chi connectivity index (χ4v) is 1.71. The van der Waals surface area contributed by atoms with Crippen LogP contribution in [0, 0.1) is 0 Å². The molecule has 0 aliphatic heterocycles. The van der Waals surface area contributed by atoms with Gasteiger partial charge in [-0.3, -0.25) is 0 Å². The number of ether oxygens (including phenoxy) is 1. The molecule has 1 heterocycles. The fourth-order valence-electron chi connectivity index (χ4n) is 1.71. The lowest BCUT2D eigenvalue weighted by atomic mass is 10.1. The van der Waals surface area contributed by atoms with Crippen LogP contribution in [0.15, 0.2) is 42.6 Å². The minimum atomic E-state index is -0.0292. The highest BCUT2D eigenvalue weighted by Crippen LogP contribution is 2.25. The molecular weight excluding hydrogens is 238 g/mol. The topological polar surface area (TPSA) is 51.4 Å². The van der Waals surface area contributed by atoms with E-state index in [1.165, 1.54) is 0 Å². The normalized spacial score (nSPS) is 12.0. The van der Waals surface area contributed by atoms with Gasteiger partial charge in [-0.05, 0) is 30.7 Å². The summed E-state index contributed by atoms with van der Waals surface area (Å²) in [7, 11) is 3.99. The Hall–Kier alpha value is -2.07. The average Bonchev–Trinajstić information content (AvgIpc) is 2.39. The van der Waals surface area contributed by atoms with Crippen molar-refractivity contribution in [3.05, 3.63) is 48.2 Å². The monoisotopic (exact) mass is 257 g/mol. The quantitative estimate of drug-likeness (QED) is 0.915. The highest BCUT2D eigenvalue weighted by atomic mass is 16.5. The Morgan fingerprint density at radius 3 is 2.68 bits per heavy atom. The Kier molecular flexibility index (Phi) is 4.02. The number of benzene rings is 1. The summed E-state index contributed by atoms with van der Waals surface area (Å²) in [6, 6.07) is 11.6. The summed E-state index contributed by atoms with van der Waals surface area (Å²) in [5, 5.41) is 0. The first kappa shape index (κ1) is 13.4. The molecule has 0 amide bonds. The summed E-state index contributed by atoms with van der Waals surface area (Å²) in [5.74, 6) is 1.33. The smallest absolute Gasteiger partial charge is 0.219 e. The van der Waals surface area contributed by atoms with Gasteiger partial charge in [0, 0.05) is 44.2 Å². The van der Waals surface area contributed by atoms with E-state index in [0.29, 0.717) is 5.88 Å². The number of hydrogen-bond donors (Lipinski definition) is 1. The van der Waals surface area contributed by atoms with Gasteiger partial charge in [-0.2, -0.15) is 0 Å². The minimum absolute atomic E-state index is 0.0292. The van der Waals surface area contributed by atoms with E-state index in [-0.39, 0.29) is 6.04 Å². The van der Waals surface area contributed by atoms with Crippen LogP contribution in [0.2, 0.25) is 0 Å². The predicted octanol–water partition coefficient (Wildman–Crippen LogP) is 2.96. The second-order valence-corrected chi connectivity index (χ2v) is 4.71. The second-order valence-electron chi connectivity index (χ2n) is 4.71. The lowest BCUT2D eigenvalue weighted by Gasteiger charge is -2.14. The summed E-state index contributed by atoms with van der Waals surface area (Å²) in [5.41, 5.74) is 7.94. The van der Waals surface area contributed by atoms with Crippen molar-refractivity contribution in [2.24, 2.45) is 5.73 Å². The number of nitrogens with zero attached hydrogens (tertiary/aromatic N) is 2. The Morgan fingerprint density at radius 2 is 2.00 bits per heavy atom. The van der Waals surface area contributed by atoms with Crippen LogP contribution >= 0.6 is 0 Å². The van der Waals surface area contributed by atoms with Crippen molar-refractivity contribution in [3.8, 4) is 11.6 Å². The van der Waals surface area contributed by atoms with Crippen LogP contribution in [-0.4, -0.2) is 19.1 Å². The van der Waals surface area contributed by atoms with Gasteiger partial charge in [0.15, 0.2) is 0 Å². The van der Waals surface area contributed by atoms with E-state index in [2.05, 4.69) is 4.98 Å². The zero-order valence-electron chi connectivity index (χ0n) is 11.5. The Balaban J connectivity index is 2.21. The van der Waals surface area contributed by atoms with Gasteiger partial charge in [0.1, 0.15) is 5.75 Å². The zero-order valence-corrected chi connectivity index (χ0v) is 11.5. The molecule has 1 aromatic carbocycles. The molecule has 2 N–H and O–H groups in total. The van der Waals surface area contributed by atoms with Gasteiger partial charge in [0.05, 0.1) is 0 Å². The highest BCUT2D eigenvalue weighted by molar-refractivity contribution is 5.50. The lowest BCUT2D eigenvalue weighted by molar-refractivity contribution is 0.461. The number of aromatic nitrogens is 1. The third-order valence-electron chi connectivity index (χ3n) is 2.84. The van der Waals surface area contributed by atoms with E-state index in [4.69, 9.17) is 10.5 Å². The number of rotatable bonds is 4. The van der Waals surface area contributed by atoms with Crippen LogP contribution < -0.4 is 15.4 Å². The molecule has 4 heteroatoms. The molecule has 1 unspecified atom stereocenters. The maximum Gasteiger partial charge on any atom is 0.219 e. The number of pyridine rings is 1. The van der Waals surface area contributed by atoms with Gasteiger partial charge >= 0.3 is 0 Å². The average molecular weight is 257 g/mol. The first-order chi connectivity index (χ1) is 9.06. The highest BCUT2D eigenvalue weighted by Gasteiger charge is 2.04. The van der Waals surface area contributed by atoms with Crippen molar-refractivity contribution in [2.75, 3.05) is 19.0 Å². The molecule has 1 atom stereocenters. The molecule has 0 fully saturated rings. The van der Waals surface area contributed by atoms with Gasteiger partial charge < -0.3 is 15.4 Å². The molecular formula is C15H19N3O. The first-order valence-electron chi connectivity index (χ1n) is 6.23. The number of nitrogens with two attached hydrogens (primary N) is 1. The Morgan fingerprint density at radius 1 is 1.21 bits per heavy atom. The van der Waals surface area contributed by atoms with Gasteiger partial charge in [0.25, 0.3) is 0 Å². The fraction of sp³-hybridized carbons (Fsp3) is 0.267. The standard InChI is InChI=1S/C15H19N3O/c1-11(16)12-7-8-17-15(9-12)19-14-6-4-5-13(10-14)18(2)3/h4-11H,16H2,1-3H3. The van der Waals surface area contributed by atoms with Gasteiger partial charge in [-0.25, -0.2) is 4.98 Å². The lowest BCUT2D eigenvalue weighted by Crippen LogP contribution is -2.08. The molecule has 1 aromatic heterocycles. The van der Waals surface area contributed by atoms with Crippen molar-refractivity contribution in [1.82, 2.24) is 4.98 Å². The van der Waals surface area contributed by atoms with Crippen LogP contribution in [0.4, 0.5) is 5.69 Å². The molecule has 0 aliphatic rings. The molecule has 4 nitrogen and oxygen atoms in total. The second kappa shape index (κ2) is 5.71.